The first-order valence-corrected chi connectivity index (χ1v) is 6.47. The van der Waals surface area contributed by atoms with Crippen LogP contribution in [0.1, 0.15) is 12.5 Å². The van der Waals surface area contributed by atoms with Crippen LogP contribution in [0.25, 0.3) is 0 Å². The minimum atomic E-state index is 0.289. The lowest BCUT2D eigenvalue weighted by Crippen LogP contribution is -2.07. The van der Waals surface area contributed by atoms with Crippen LogP contribution < -0.4 is 9.47 Å². The Hall–Kier alpha value is -1.26. The first-order valence-electron chi connectivity index (χ1n) is 6.47. The van der Waals surface area contributed by atoms with Gasteiger partial charge in [-0.1, -0.05) is 6.92 Å². The molecule has 98 valence electrons. The standard InChI is InChI=1S/C14H18O4/c1-2-10-5-11(15-6-12-7-16-12)3-4-14(10)18-9-13-8-17-13/h3-5,12-13H,2,6-9H2,1H3. The van der Waals surface area contributed by atoms with Crippen molar-refractivity contribution in [3.8, 4) is 11.5 Å². The van der Waals surface area contributed by atoms with Crippen LogP contribution in [0.2, 0.25) is 0 Å². The van der Waals surface area contributed by atoms with E-state index in [1.165, 1.54) is 5.56 Å². The van der Waals surface area contributed by atoms with Crippen LogP contribution in [-0.4, -0.2) is 38.6 Å². The fraction of sp³-hybridized carbons (Fsp3) is 0.571. The van der Waals surface area contributed by atoms with Gasteiger partial charge in [0.05, 0.1) is 13.2 Å². The van der Waals surface area contributed by atoms with E-state index < -0.39 is 0 Å². The molecule has 1 aromatic rings. The van der Waals surface area contributed by atoms with Gasteiger partial charge in [0.2, 0.25) is 0 Å². The molecule has 4 nitrogen and oxygen atoms in total. The SMILES string of the molecule is CCc1cc(OCC2CO2)ccc1OCC1CO1. The molecule has 2 atom stereocenters. The lowest BCUT2D eigenvalue weighted by molar-refractivity contribution is 0.256. The molecule has 0 N–H and O–H groups in total. The van der Waals surface area contributed by atoms with Crippen molar-refractivity contribution in [3.05, 3.63) is 23.8 Å². The molecule has 2 heterocycles. The van der Waals surface area contributed by atoms with Crippen molar-refractivity contribution in [1.29, 1.82) is 0 Å². The molecule has 0 bridgehead atoms. The van der Waals surface area contributed by atoms with Crippen LogP contribution in [0, 0.1) is 0 Å². The highest BCUT2D eigenvalue weighted by Gasteiger charge is 2.24. The highest BCUT2D eigenvalue weighted by atomic mass is 16.6. The number of epoxide rings is 2. The molecule has 1 aromatic carbocycles. The van der Waals surface area contributed by atoms with Crippen molar-refractivity contribution in [2.75, 3.05) is 26.4 Å². The van der Waals surface area contributed by atoms with E-state index in [2.05, 4.69) is 6.92 Å². The summed E-state index contributed by atoms with van der Waals surface area (Å²) in [6.45, 7) is 5.04. The summed E-state index contributed by atoms with van der Waals surface area (Å²) in [6, 6.07) is 5.97. The second kappa shape index (κ2) is 5.16. The zero-order chi connectivity index (χ0) is 12.4. The van der Waals surface area contributed by atoms with E-state index in [1.54, 1.807) is 0 Å². The van der Waals surface area contributed by atoms with Crippen molar-refractivity contribution < 1.29 is 18.9 Å². The summed E-state index contributed by atoms with van der Waals surface area (Å²) in [5.41, 5.74) is 1.17. The minimum absolute atomic E-state index is 0.289. The van der Waals surface area contributed by atoms with Gasteiger partial charge in [0.15, 0.2) is 0 Å². The fourth-order valence-electron chi connectivity index (χ4n) is 1.76. The highest BCUT2D eigenvalue weighted by molar-refractivity contribution is 5.40. The van der Waals surface area contributed by atoms with E-state index in [9.17, 15) is 0 Å². The van der Waals surface area contributed by atoms with E-state index in [0.717, 1.165) is 31.1 Å². The van der Waals surface area contributed by atoms with Crippen molar-refractivity contribution >= 4 is 0 Å². The molecule has 0 aliphatic carbocycles. The van der Waals surface area contributed by atoms with E-state index in [4.69, 9.17) is 18.9 Å². The Balaban J connectivity index is 1.61. The van der Waals surface area contributed by atoms with Crippen LogP contribution in [0.15, 0.2) is 18.2 Å². The molecule has 0 amide bonds. The van der Waals surface area contributed by atoms with E-state index in [1.807, 2.05) is 18.2 Å². The minimum Gasteiger partial charge on any atom is -0.491 e. The Kier molecular flexibility index (Phi) is 3.39. The number of hydrogen-bond donors (Lipinski definition) is 0. The third-order valence-electron chi connectivity index (χ3n) is 3.08. The summed E-state index contributed by atoms with van der Waals surface area (Å²) in [6.07, 6.45) is 1.51. The highest BCUT2D eigenvalue weighted by Crippen LogP contribution is 2.26. The maximum atomic E-state index is 5.74. The molecule has 2 aliphatic heterocycles. The van der Waals surface area contributed by atoms with Crippen LogP contribution in [0.3, 0.4) is 0 Å². The topological polar surface area (TPSA) is 43.5 Å². The van der Waals surface area contributed by atoms with Gasteiger partial charge in [-0.3, -0.25) is 0 Å². The molecule has 2 fully saturated rings. The van der Waals surface area contributed by atoms with Crippen LogP contribution in [-0.2, 0) is 15.9 Å². The molecule has 18 heavy (non-hydrogen) atoms. The molecule has 2 saturated heterocycles. The van der Waals surface area contributed by atoms with Gasteiger partial charge in [0.1, 0.15) is 36.9 Å². The third kappa shape index (κ3) is 3.15. The molecule has 2 unspecified atom stereocenters. The number of benzene rings is 1. The van der Waals surface area contributed by atoms with E-state index in [-0.39, 0.29) is 12.2 Å². The zero-order valence-electron chi connectivity index (χ0n) is 10.6. The van der Waals surface area contributed by atoms with Crippen molar-refractivity contribution in [2.45, 2.75) is 25.6 Å². The second-order valence-electron chi connectivity index (χ2n) is 4.66. The Labute approximate surface area is 107 Å². The zero-order valence-corrected chi connectivity index (χ0v) is 10.6. The van der Waals surface area contributed by atoms with Crippen LogP contribution in [0.5, 0.6) is 11.5 Å². The number of aryl methyl sites for hydroxylation is 1. The molecule has 0 radical (unpaired) electrons. The summed E-state index contributed by atoms with van der Waals surface area (Å²) < 4.78 is 21.7. The number of rotatable bonds is 7. The maximum absolute atomic E-state index is 5.74. The molecule has 4 heteroatoms. The normalized spacial score (nSPS) is 24.7. The van der Waals surface area contributed by atoms with Gasteiger partial charge in [-0.05, 0) is 30.2 Å². The fourth-order valence-corrected chi connectivity index (χ4v) is 1.76. The molecule has 3 rings (SSSR count). The molecular weight excluding hydrogens is 232 g/mol. The predicted octanol–water partition coefficient (Wildman–Crippen LogP) is 1.80. The van der Waals surface area contributed by atoms with Gasteiger partial charge in [-0.15, -0.1) is 0 Å². The number of hydrogen-bond acceptors (Lipinski definition) is 4. The largest absolute Gasteiger partial charge is 0.491 e. The quantitative estimate of drug-likeness (QED) is 0.692. The van der Waals surface area contributed by atoms with Crippen molar-refractivity contribution in [3.63, 3.8) is 0 Å². The van der Waals surface area contributed by atoms with E-state index >= 15 is 0 Å². The Morgan fingerprint density at radius 2 is 1.78 bits per heavy atom. The summed E-state index contributed by atoms with van der Waals surface area (Å²) in [4.78, 5) is 0. The molecule has 0 spiro atoms. The molecule has 2 aliphatic rings. The third-order valence-corrected chi connectivity index (χ3v) is 3.08. The first-order chi connectivity index (χ1) is 8.85. The van der Waals surface area contributed by atoms with Gasteiger partial charge < -0.3 is 18.9 Å². The van der Waals surface area contributed by atoms with Gasteiger partial charge in [-0.25, -0.2) is 0 Å². The Morgan fingerprint density at radius 3 is 2.39 bits per heavy atom. The lowest BCUT2D eigenvalue weighted by Gasteiger charge is -2.12. The number of ether oxygens (including phenoxy) is 4. The maximum Gasteiger partial charge on any atom is 0.122 e. The van der Waals surface area contributed by atoms with Crippen LogP contribution >= 0.6 is 0 Å². The lowest BCUT2D eigenvalue weighted by atomic mass is 10.1. The first kappa shape index (κ1) is 11.8. The Bertz CT molecular complexity index is 410. The van der Waals surface area contributed by atoms with Gasteiger partial charge in [-0.2, -0.15) is 0 Å². The van der Waals surface area contributed by atoms with Gasteiger partial charge >= 0.3 is 0 Å². The molecule has 0 saturated carbocycles. The second-order valence-corrected chi connectivity index (χ2v) is 4.66. The summed E-state index contributed by atoms with van der Waals surface area (Å²) in [5.74, 6) is 1.82. The Morgan fingerprint density at radius 1 is 1.11 bits per heavy atom. The predicted molar refractivity (Wildman–Crippen MR) is 66.3 cm³/mol. The van der Waals surface area contributed by atoms with E-state index in [0.29, 0.717) is 13.2 Å². The summed E-state index contributed by atoms with van der Waals surface area (Å²) in [7, 11) is 0. The average molecular weight is 250 g/mol. The van der Waals surface area contributed by atoms with Gasteiger partial charge in [0.25, 0.3) is 0 Å². The van der Waals surface area contributed by atoms with Crippen LogP contribution in [0.4, 0.5) is 0 Å². The average Bonchev–Trinajstić information content (AvgIpc) is 3.28. The monoisotopic (exact) mass is 250 g/mol. The molecule has 0 aromatic heterocycles. The molecular formula is C14H18O4. The van der Waals surface area contributed by atoms with Crippen molar-refractivity contribution in [1.82, 2.24) is 0 Å². The summed E-state index contributed by atoms with van der Waals surface area (Å²) in [5, 5.41) is 0. The van der Waals surface area contributed by atoms with Gasteiger partial charge in [0, 0.05) is 0 Å². The smallest absolute Gasteiger partial charge is 0.122 e. The van der Waals surface area contributed by atoms with Crippen molar-refractivity contribution in [2.24, 2.45) is 0 Å². The summed E-state index contributed by atoms with van der Waals surface area (Å²) >= 11 is 0.